The Bertz CT molecular complexity index is 1120. The Labute approximate surface area is 209 Å². The molecule has 8 nitrogen and oxygen atoms in total. The van der Waals surface area contributed by atoms with Gasteiger partial charge in [-0.15, -0.1) is 0 Å². The molecule has 0 fully saturated rings. The third-order valence-corrected chi connectivity index (χ3v) is 6.67. The van der Waals surface area contributed by atoms with Gasteiger partial charge in [-0.1, -0.05) is 62.7 Å². The topological polar surface area (TPSA) is 96.0 Å². The van der Waals surface area contributed by atoms with Crippen LogP contribution in [0.2, 0.25) is 0 Å². The van der Waals surface area contributed by atoms with Crippen molar-refractivity contribution in [1.82, 2.24) is 10.2 Å². The number of amides is 2. The molecule has 0 radical (unpaired) electrons. The number of sulfonamides is 1. The van der Waals surface area contributed by atoms with Crippen LogP contribution in [0.3, 0.4) is 0 Å². The van der Waals surface area contributed by atoms with Gasteiger partial charge in [0.25, 0.3) is 0 Å². The lowest BCUT2D eigenvalue weighted by molar-refractivity contribution is -0.140. The molecule has 2 amide bonds. The van der Waals surface area contributed by atoms with Crippen LogP contribution in [-0.2, 0) is 26.2 Å². The molecular formula is C26H37N3O5S. The second-order valence-electron chi connectivity index (χ2n) is 9.02. The molecule has 1 unspecified atom stereocenters. The van der Waals surface area contributed by atoms with E-state index >= 15 is 0 Å². The maximum absolute atomic E-state index is 13.7. The van der Waals surface area contributed by atoms with Gasteiger partial charge in [-0.05, 0) is 37.0 Å². The first-order valence-corrected chi connectivity index (χ1v) is 13.6. The summed E-state index contributed by atoms with van der Waals surface area (Å²) in [5.74, 6) is -0.152. The van der Waals surface area contributed by atoms with Crippen molar-refractivity contribution in [3.63, 3.8) is 0 Å². The molecular weight excluding hydrogens is 466 g/mol. The van der Waals surface area contributed by atoms with Crippen molar-refractivity contribution in [2.24, 2.45) is 5.92 Å². The van der Waals surface area contributed by atoms with Crippen molar-refractivity contribution in [2.45, 2.75) is 46.7 Å². The third kappa shape index (κ3) is 7.99. The lowest BCUT2D eigenvalue weighted by atomic mass is 10.1. The van der Waals surface area contributed by atoms with Gasteiger partial charge in [-0.25, -0.2) is 8.42 Å². The number of methoxy groups -OCH3 is 1. The van der Waals surface area contributed by atoms with Crippen LogP contribution in [0.25, 0.3) is 0 Å². The highest BCUT2D eigenvalue weighted by molar-refractivity contribution is 7.92. The molecule has 192 valence electrons. The van der Waals surface area contributed by atoms with Gasteiger partial charge in [0.1, 0.15) is 18.3 Å². The summed E-state index contributed by atoms with van der Waals surface area (Å²) in [5, 5.41) is 2.91. The van der Waals surface area contributed by atoms with E-state index in [2.05, 4.69) is 5.32 Å². The molecule has 0 saturated carbocycles. The van der Waals surface area contributed by atoms with Crippen LogP contribution in [0.4, 0.5) is 5.69 Å². The fourth-order valence-corrected chi connectivity index (χ4v) is 4.63. The molecule has 0 aliphatic carbocycles. The number of carbonyl (C=O) groups is 2. The molecule has 0 bridgehead atoms. The van der Waals surface area contributed by atoms with Gasteiger partial charge >= 0.3 is 0 Å². The van der Waals surface area contributed by atoms with Crippen LogP contribution in [0, 0.1) is 12.8 Å². The van der Waals surface area contributed by atoms with E-state index in [0.717, 1.165) is 21.7 Å². The largest absolute Gasteiger partial charge is 0.495 e. The molecule has 0 heterocycles. The monoisotopic (exact) mass is 503 g/mol. The predicted octanol–water partition coefficient (Wildman–Crippen LogP) is 3.35. The SMILES string of the molecule is CCC(C(=O)NCC(C)C)N(Cc1cccc(C)c1)C(=O)CN(c1ccccc1OC)S(C)(=O)=O. The summed E-state index contributed by atoms with van der Waals surface area (Å²) in [7, 11) is -2.39. The van der Waals surface area contributed by atoms with E-state index in [1.807, 2.05) is 52.0 Å². The summed E-state index contributed by atoms with van der Waals surface area (Å²) in [5.41, 5.74) is 2.15. The molecule has 1 atom stereocenters. The van der Waals surface area contributed by atoms with Crippen LogP contribution in [0.15, 0.2) is 48.5 Å². The molecule has 2 rings (SSSR count). The van der Waals surface area contributed by atoms with E-state index in [1.54, 1.807) is 24.3 Å². The second kappa shape index (κ2) is 12.6. The van der Waals surface area contributed by atoms with E-state index in [1.165, 1.54) is 12.0 Å². The summed E-state index contributed by atoms with van der Waals surface area (Å²) in [6.07, 6.45) is 1.43. The third-order valence-electron chi connectivity index (χ3n) is 5.54. The quantitative estimate of drug-likeness (QED) is 0.479. The van der Waals surface area contributed by atoms with Crippen molar-refractivity contribution in [3.8, 4) is 5.75 Å². The van der Waals surface area contributed by atoms with Crippen LogP contribution in [0.5, 0.6) is 5.75 Å². The molecule has 2 aromatic rings. The summed E-state index contributed by atoms with van der Waals surface area (Å²) in [6, 6.07) is 13.6. The Morgan fingerprint density at radius 3 is 2.34 bits per heavy atom. The highest BCUT2D eigenvalue weighted by Gasteiger charge is 2.32. The van der Waals surface area contributed by atoms with Gasteiger partial charge in [0, 0.05) is 13.1 Å². The first-order chi connectivity index (χ1) is 16.5. The minimum absolute atomic E-state index is 0.178. The molecule has 1 N–H and O–H groups in total. The maximum atomic E-state index is 13.7. The summed E-state index contributed by atoms with van der Waals surface area (Å²) < 4.78 is 31.8. The first kappa shape index (κ1) is 28.2. The Morgan fingerprint density at radius 2 is 1.77 bits per heavy atom. The fraction of sp³-hybridized carbons (Fsp3) is 0.462. The van der Waals surface area contributed by atoms with Crippen LogP contribution in [0.1, 0.15) is 38.3 Å². The zero-order valence-electron chi connectivity index (χ0n) is 21.4. The number of nitrogens with zero attached hydrogens (tertiary/aromatic N) is 2. The van der Waals surface area contributed by atoms with E-state index < -0.39 is 28.5 Å². The zero-order chi connectivity index (χ0) is 26.2. The summed E-state index contributed by atoms with van der Waals surface area (Å²) in [6.45, 7) is 7.98. The van der Waals surface area contributed by atoms with Crippen molar-refractivity contribution < 1.29 is 22.7 Å². The van der Waals surface area contributed by atoms with Crippen molar-refractivity contribution in [2.75, 3.05) is 30.8 Å². The minimum atomic E-state index is -3.83. The molecule has 0 aliphatic rings. The van der Waals surface area contributed by atoms with Gasteiger partial charge in [-0.3, -0.25) is 13.9 Å². The van der Waals surface area contributed by atoms with Gasteiger partial charge < -0.3 is 15.0 Å². The Hall–Kier alpha value is -3.07. The zero-order valence-corrected chi connectivity index (χ0v) is 22.3. The lowest BCUT2D eigenvalue weighted by Gasteiger charge is -2.33. The Morgan fingerprint density at radius 1 is 1.09 bits per heavy atom. The number of anilines is 1. The molecule has 9 heteroatoms. The van der Waals surface area contributed by atoms with Crippen LogP contribution in [-0.4, -0.2) is 57.6 Å². The van der Waals surface area contributed by atoms with Crippen LogP contribution >= 0.6 is 0 Å². The Kier molecular flexibility index (Phi) is 10.1. The summed E-state index contributed by atoms with van der Waals surface area (Å²) >= 11 is 0. The molecule has 2 aromatic carbocycles. The number of rotatable bonds is 12. The van der Waals surface area contributed by atoms with E-state index in [-0.39, 0.29) is 24.1 Å². The molecule has 35 heavy (non-hydrogen) atoms. The number of nitrogens with one attached hydrogen (secondary N) is 1. The van der Waals surface area contributed by atoms with E-state index in [9.17, 15) is 18.0 Å². The number of carbonyl (C=O) groups excluding carboxylic acids is 2. The molecule has 0 spiro atoms. The van der Waals surface area contributed by atoms with Crippen molar-refractivity contribution >= 4 is 27.5 Å². The van der Waals surface area contributed by atoms with Crippen molar-refractivity contribution in [1.29, 1.82) is 0 Å². The minimum Gasteiger partial charge on any atom is -0.495 e. The number of para-hydroxylation sites is 2. The fourth-order valence-electron chi connectivity index (χ4n) is 3.78. The number of ether oxygens (including phenoxy) is 1. The molecule has 0 aromatic heterocycles. The van der Waals surface area contributed by atoms with E-state index in [0.29, 0.717) is 18.7 Å². The lowest BCUT2D eigenvalue weighted by Crippen LogP contribution is -2.52. The van der Waals surface area contributed by atoms with Gasteiger partial charge in [0.05, 0.1) is 19.1 Å². The average molecular weight is 504 g/mol. The average Bonchev–Trinajstić information content (AvgIpc) is 2.80. The van der Waals surface area contributed by atoms with E-state index in [4.69, 9.17) is 4.74 Å². The number of hydrogen-bond donors (Lipinski definition) is 1. The van der Waals surface area contributed by atoms with Gasteiger partial charge in [-0.2, -0.15) is 0 Å². The van der Waals surface area contributed by atoms with Gasteiger partial charge in [0.15, 0.2) is 0 Å². The molecule has 0 saturated heterocycles. The molecule has 0 aliphatic heterocycles. The standard InChI is InChI=1S/C26H37N3O5S/c1-7-22(26(31)27-16-19(2)3)28(17-21-12-10-11-20(4)15-21)25(30)18-29(35(6,32)33)23-13-8-9-14-24(23)34-5/h8-15,19,22H,7,16-18H2,1-6H3,(H,27,31). The first-order valence-electron chi connectivity index (χ1n) is 11.7. The van der Waals surface area contributed by atoms with Crippen LogP contribution < -0.4 is 14.4 Å². The second-order valence-corrected chi connectivity index (χ2v) is 10.9. The van der Waals surface area contributed by atoms with Crippen molar-refractivity contribution in [3.05, 3.63) is 59.7 Å². The normalized spacial score (nSPS) is 12.2. The predicted molar refractivity (Wildman–Crippen MR) is 139 cm³/mol. The number of benzene rings is 2. The Balaban J connectivity index is 2.46. The number of aryl methyl sites for hydroxylation is 1. The smallest absolute Gasteiger partial charge is 0.244 e. The summed E-state index contributed by atoms with van der Waals surface area (Å²) in [4.78, 5) is 28.3. The highest BCUT2D eigenvalue weighted by atomic mass is 32.2. The highest BCUT2D eigenvalue weighted by Crippen LogP contribution is 2.29. The number of hydrogen-bond acceptors (Lipinski definition) is 5. The van der Waals surface area contributed by atoms with Gasteiger partial charge in [0.2, 0.25) is 21.8 Å². The maximum Gasteiger partial charge on any atom is 0.244 e.